The van der Waals surface area contributed by atoms with Gasteiger partial charge in [-0.2, -0.15) is 0 Å². The Morgan fingerprint density at radius 1 is 0.750 bits per heavy atom. The van der Waals surface area contributed by atoms with Gasteiger partial charge in [-0.25, -0.2) is 4.79 Å². The molecule has 0 atom stereocenters. The molecule has 8 nitrogen and oxygen atoms in total. The van der Waals surface area contributed by atoms with E-state index in [0.29, 0.717) is 43.2 Å². The first-order chi connectivity index (χ1) is 17.4. The van der Waals surface area contributed by atoms with E-state index in [0.717, 1.165) is 13.7 Å². The van der Waals surface area contributed by atoms with Gasteiger partial charge in [-0.05, 0) is 88.8 Å². The van der Waals surface area contributed by atoms with Crippen LogP contribution in [0.3, 0.4) is 0 Å². The zero-order valence-electron chi connectivity index (χ0n) is 19.0. The summed E-state index contributed by atoms with van der Waals surface area (Å²) in [5.41, 5.74) is -0.107. The third kappa shape index (κ3) is 4.72. The van der Waals surface area contributed by atoms with E-state index in [1.54, 1.807) is 24.3 Å². The van der Waals surface area contributed by atoms with Gasteiger partial charge in [0.1, 0.15) is 11.5 Å². The number of carbonyl (C=O) groups excluding carboxylic acids is 3. The highest BCUT2D eigenvalue weighted by molar-refractivity contribution is 14.1. The molecule has 3 aromatic carbocycles. The molecule has 0 radical (unpaired) electrons. The molecule has 0 unspecified atom stereocenters. The number of carbonyl (C=O) groups is 3. The van der Waals surface area contributed by atoms with E-state index < -0.39 is 23.4 Å². The fourth-order valence-corrected chi connectivity index (χ4v) is 5.23. The molecule has 2 aliphatic rings. The molecule has 2 saturated heterocycles. The van der Waals surface area contributed by atoms with Gasteiger partial charge in [0.2, 0.25) is 5.54 Å². The van der Waals surface area contributed by atoms with E-state index >= 15 is 0 Å². The second-order valence-electron chi connectivity index (χ2n) is 8.48. The normalized spacial score (nSPS) is 17.9. The second kappa shape index (κ2) is 10.2. The highest BCUT2D eigenvalue weighted by atomic mass is 127. The summed E-state index contributed by atoms with van der Waals surface area (Å²) >= 11 is 5.67. The van der Waals surface area contributed by atoms with Crippen LogP contribution in [0.5, 0.6) is 11.5 Å². The van der Waals surface area contributed by atoms with Gasteiger partial charge < -0.3 is 9.64 Å². The van der Waals surface area contributed by atoms with Crippen molar-refractivity contribution in [1.82, 2.24) is 15.5 Å². The molecule has 0 aromatic heterocycles. The van der Waals surface area contributed by atoms with Gasteiger partial charge in [-0.1, -0.05) is 28.1 Å². The maximum Gasteiger partial charge on any atom is 0.328 e. The maximum atomic E-state index is 13.3. The molecule has 3 aromatic rings. The number of imide groups is 2. The van der Waals surface area contributed by atoms with E-state index in [9.17, 15) is 14.4 Å². The number of piperazine rings is 1. The van der Waals surface area contributed by atoms with Crippen LogP contribution in [0, 0.1) is 3.57 Å². The number of hydrogen-bond acceptors (Lipinski definition) is 6. The lowest BCUT2D eigenvalue weighted by Gasteiger charge is -2.47. The molecule has 2 N–H and O–H groups in total. The molecule has 36 heavy (non-hydrogen) atoms. The number of barbiturate groups is 1. The Balaban J connectivity index is 1.42. The first-order valence-corrected chi connectivity index (χ1v) is 13.2. The Kier molecular flexibility index (Phi) is 7.00. The maximum absolute atomic E-state index is 13.3. The summed E-state index contributed by atoms with van der Waals surface area (Å²) in [7, 11) is 0. The molecule has 2 aliphatic heterocycles. The smallest absolute Gasteiger partial charge is 0.328 e. The Hall–Kier alpha value is -2.96. The first-order valence-electron chi connectivity index (χ1n) is 11.3. The van der Waals surface area contributed by atoms with Gasteiger partial charge in [0.05, 0.1) is 0 Å². The van der Waals surface area contributed by atoms with Crippen molar-refractivity contribution in [2.24, 2.45) is 0 Å². The van der Waals surface area contributed by atoms with Gasteiger partial charge in [0.25, 0.3) is 11.8 Å². The third-order valence-corrected chi connectivity index (χ3v) is 7.63. The summed E-state index contributed by atoms with van der Waals surface area (Å²) in [6, 6.07) is 21.7. The van der Waals surface area contributed by atoms with Gasteiger partial charge in [0, 0.05) is 39.9 Å². The minimum atomic E-state index is -1.66. The fraction of sp³-hybridized carbons (Fsp3) is 0.192. The van der Waals surface area contributed by atoms with Crippen molar-refractivity contribution in [3.8, 4) is 11.5 Å². The number of rotatable bonds is 5. The van der Waals surface area contributed by atoms with Crippen molar-refractivity contribution in [2.75, 3.05) is 31.1 Å². The second-order valence-corrected chi connectivity index (χ2v) is 10.6. The van der Waals surface area contributed by atoms with E-state index in [1.165, 1.54) is 0 Å². The average Bonchev–Trinajstić information content (AvgIpc) is 2.87. The third-order valence-electron chi connectivity index (χ3n) is 6.38. The number of ether oxygens (including phenoxy) is 1. The number of amides is 4. The highest BCUT2D eigenvalue weighted by Crippen LogP contribution is 2.35. The van der Waals surface area contributed by atoms with Crippen LogP contribution in [0.15, 0.2) is 77.3 Å². The van der Waals surface area contributed by atoms with Gasteiger partial charge in [-0.15, -0.1) is 0 Å². The number of hydrogen-bond donors (Lipinski definition) is 2. The summed E-state index contributed by atoms with van der Waals surface area (Å²) in [6.07, 6.45) is 0. The summed E-state index contributed by atoms with van der Waals surface area (Å²) in [6.45, 7) is 2.17. The van der Waals surface area contributed by atoms with Crippen molar-refractivity contribution >= 4 is 62.1 Å². The molecule has 2 heterocycles. The van der Waals surface area contributed by atoms with Crippen molar-refractivity contribution in [3.63, 3.8) is 0 Å². The minimum absolute atomic E-state index is 0.457. The lowest BCUT2D eigenvalue weighted by atomic mass is 9.84. The molecule has 0 saturated carbocycles. The van der Waals surface area contributed by atoms with E-state index in [-0.39, 0.29) is 0 Å². The van der Waals surface area contributed by atoms with Crippen LogP contribution >= 0.6 is 38.5 Å². The minimum Gasteiger partial charge on any atom is -0.457 e. The summed E-state index contributed by atoms with van der Waals surface area (Å²) in [5, 5.41) is 4.61. The molecule has 2 fully saturated rings. The Morgan fingerprint density at radius 3 is 1.83 bits per heavy atom. The SMILES string of the molecule is O=C1NC(=O)C(c2ccc(Oc3ccc(Br)cc3)cc2)(N2CCN(c3ccc(I)cc3)CC2)C(=O)N1. The molecule has 184 valence electrons. The lowest BCUT2D eigenvalue weighted by Crippen LogP contribution is -2.73. The highest BCUT2D eigenvalue weighted by Gasteiger charge is 2.56. The van der Waals surface area contributed by atoms with Gasteiger partial charge in [0.15, 0.2) is 0 Å². The molecule has 5 rings (SSSR count). The number of urea groups is 1. The summed E-state index contributed by atoms with van der Waals surface area (Å²) in [5.74, 6) is -0.0836. The van der Waals surface area contributed by atoms with Crippen LogP contribution in [-0.4, -0.2) is 48.9 Å². The number of nitrogens with zero attached hydrogens (tertiary/aromatic N) is 2. The Morgan fingerprint density at radius 2 is 1.28 bits per heavy atom. The standard InChI is InChI=1S/C26H22BrIN4O4/c27-18-3-11-22(12-4-18)36-21-9-1-17(2-10-21)26(23(33)29-25(35)30-24(26)34)32-15-13-31(14-16-32)20-7-5-19(28)6-8-20/h1-12H,13-16H2,(H2,29,30,33,34,35). The molecular formula is C26H22BrIN4O4. The number of halogens is 2. The predicted molar refractivity (Wildman–Crippen MR) is 147 cm³/mol. The van der Waals surface area contributed by atoms with Gasteiger partial charge in [-0.3, -0.25) is 25.1 Å². The van der Waals surface area contributed by atoms with E-state index in [4.69, 9.17) is 4.74 Å². The Bertz CT molecular complexity index is 1270. The molecule has 0 bridgehead atoms. The van der Waals surface area contributed by atoms with Crippen LogP contribution in [0.4, 0.5) is 10.5 Å². The monoisotopic (exact) mass is 660 g/mol. The van der Waals surface area contributed by atoms with E-state index in [1.807, 2.05) is 29.2 Å². The zero-order chi connectivity index (χ0) is 25.3. The average molecular weight is 661 g/mol. The molecule has 0 aliphatic carbocycles. The zero-order valence-corrected chi connectivity index (χ0v) is 22.8. The number of anilines is 1. The van der Waals surface area contributed by atoms with E-state index in [2.05, 4.69) is 78.3 Å². The topological polar surface area (TPSA) is 91.0 Å². The van der Waals surface area contributed by atoms with Crippen LogP contribution in [0.25, 0.3) is 0 Å². The van der Waals surface area contributed by atoms with Crippen molar-refractivity contribution in [3.05, 3.63) is 86.4 Å². The van der Waals surface area contributed by atoms with Crippen molar-refractivity contribution in [1.29, 1.82) is 0 Å². The molecular weight excluding hydrogens is 639 g/mol. The quantitative estimate of drug-likeness (QED) is 0.315. The van der Waals surface area contributed by atoms with Gasteiger partial charge >= 0.3 is 6.03 Å². The van der Waals surface area contributed by atoms with Crippen molar-refractivity contribution in [2.45, 2.75) is 5.54 Å². The van der Waals surface area contributed by atoms with Crippen LogP contribution < -0.4 is 20.3 Å². The van der Waals surface area contributed by atoms with Crippen LogP contribution in [-0.2, 0) is 15.1 Å². The van der Waals surface area contributed by atoms with Crippen molar-refractivity contribution < 1.29 is 19.1 Å². The molecule has 0 spiro atoms. The largest absolute Gasteiger partial charge is 0.457 e. The first kappa shape index (κ1) is 24.7. The summed E-state index contributed by atoms with van der Waals surface area (Å²) in [4.78, 5) is 42.7. The lowest BCUT2D eigenvalue weighted by molar-refractivity contribution is -0.149. The van der Waals surface area contributed by atoms with Crippen LogP contribution in [0.2, 0.25) is 0 Å². The number of nitrogens with one attached hydrogen (secondary N) is 2. The van der Waals surface area contributed by atoms with Crippen LogP contribution in [0.1, 0.15) is 5.56 Å². The molecule has 4 amide bonds. The Labute approximate surface area is 230 Å². The fourth-order valence-electron chi connectivity index (χ4n) is 4.61. The summed E-state index contributed by atoms with van der Waals surface area (Å²) < 4.78 is 8.00. The number of benzene rings is 3. The molecule has 10 heteroatoms. The predicted octanol–water partition coefficient (Wildman–Crippen LogP) is 4.23.